The molecular weight excluding hydrogens is 420 g/mol. The van der Waals surface area contributed by atoms with E-state index in [-0.39, 0.29) is 18.2 Å². The number of halogens is 1. The number of ether oxygens (including phenoxy) is 1. The van der Waals surface area contributed by atoms with E-state index in [9.17, 15) is 14.9 Å². The summed E-state index contributed by atoms with van der Waals surface area (Å²) in [6.45, 7) is 2.64. The number of nitro benzene ring substituents is 1. The van der Waals surface area contributed by atoms with Crippen molar-refractivity contribution in [3.05, 3.63) is 73.6 Å². The van der Waals surface area contributed by atoms with Crippen molar-refractivity contribution in [1.82, 2.24) is 4.90 Å². The highest BCUT2D eigenvalue weighted by Crippen LogP contribution is 2.34. The molecule has 3 rings (SSSR count). The molecule has 0 spiro atoms. The van der Waals surface area contributed by atoms with Gasteiger partial charge in [-0.1, -0.05) is 41.6 Å². The third kappa shape index (κ3) is 4.52. The van der Waals surface area contributed by atoms with E-state index < -0.39 is 4.92 Å². The van der Waals surface area contributed by atoms with Crippen LogP contribution in [0.4, 0.5) is 5.69 Å². The predicted molar refractivity (Wildman–Crippen MR) is 114 cm³/mol. The van der Waals surface area contributed by atoms with Gasteiger partial charge in [0.25, 0.3) is 11.6 Å². The van der Waals surface area contributed by atoms with Crippen LogP contribution in [0.15, 0.2) is 47.4 Å². The highest BCUT2D eigenvalue weighted by Gasteiger charge is 2.30. The van der Waals surface area contributed by atoms with Crippen LogP contribution >= 0.6 is 35.6 Å². The van der Waals surface area contributed by atoms with E-state index in [1.54, 1.807) is 41.3 Å². The molecule has 9 heteroatoms. The number of nitrogens with zero attached hydrogens (tertiary/aromatic N) is 2. The second-order valence-electron chi connectivity index (χ2n) is 5.83. The van der Waals surface area contributed by atoms with Crippen LogP contribution in [0.1, 0.15) is 18.1 Å². The van der Waals surface area contributed by atoms with Gasteiger partial charge in [0.2, 0.25) is 0 Å². The molecule has 0 atom stereocenters. The fraction of sp³-hybridized carbons (Fsp3) is 0.158. The number of amides is 1. The molecule has 28 heavy (non-hydrogen) atoms. The van der Waals surface area contributed by atoms with Gasteiger partial charge in [-0.15, -0.1) is 0 Å². The third-order valence-electron chi connectivity index (χ3n) is 3.99. The number of hydrogen-bond donors (Lipinski definition) is 0. The number of rotatable bonds is 6. The minimum absolute atomic E-state index is 0.0274. The summed E-state index contributed by atoms with van der Waals surface area (Å²) < 4.78 is 6.25. The van der Waals surface area contributed by atoms with Crippen LogP contribution in [0.25, 0.3) is 6.08 Å². The summed E-state index contributed by atoms with van der Waals surface area (Å²) in [5.41, 5.74) is 1.58. The van der Waals surface area contributed by atoms with E-state index >= 15 is 0 Å². The van der Waals surface area contributed by atoms with Gasteiger partial charge in [-0.05, 0) is 48.4 Å². The Labute approximate surface area is 176 Å². The summed E-state index contributed by atoms with van der Waals surface area (Å²) >= 11 is 12.8. The molecule has 6 nitrogen and oxygen atoms in total. The minimum atomic E-state index is -0.450. The monoisotopic (exact) mass is 434 g/mol. The van der Waals surface area contributed by atoms with Crippen LogP contribution in [-0.4, -0.2) is 26.6 Å². The number of thioether (sulfide) groups is 1. The number of carbonyl (C=O) groups is 1. The number of hydrogen-bond acceptors (Lipinski definition) is 6. The molecule has 0 aromatic heterocycles. The lowest BCUT2D eigenvalue weighted by atomic mass is 10.2. The van der Waals surface area contributed by atoms with Gasteiger partial charge in [0.05, 0.1) is 14.9 Å². The van der Waals surface area contributed by atoms with Gasteiger partial charge < -0.3 is 4.74 Å². The van der Waals surface area contributed by atoms with E-state index in [1.165, 1.54) is 23.9 Å². The first-order valence-electron chi connectivity index (χ1n) is 8.30. The lowest BCUT2D eigenvalue weighted by Crippen LogP contribution is -2.27. The molecule has 1 fully saturated rings. The first kappa shape index (κ1) is 20.3. The number of nitro groups is 1. The number of non-ortho nitro benzene ring substituents is 1. The van der Waals surface area contributed by atoms with E-state index in [0.29, 0.717) is 26.5 Å². The quantitative estimate of drug-likeness (QED) is 0.274. The Morgan fingerprint density at radius 1 is 1.29 bits per heavy atom. The van der Waals surface area contributed by atoms with Gasteiger partial charge in [0, 0.05) is 18.7 Å². The fourth-order valence-corrected chi connectivity index (χ4v) is 4.15. The van der Waals surface area contributed by atoms with Gasteiger partial charge in [-0.3, -0.25) is 19.8 Å². The van der Waals surface area contributed by atoms with E-state index in [4.69, 9.17) is 28.6 Å². The van der Waals surface area contributed by atoms with Crippen LogP contribution in [0.2, 0.25) is 5.02 Å². The zero-order valence-corrected chi connectivity index (χ0v) is 17.1. The standard InChI is InChI=1S/C19H15ClN2O4S2/c1-2-21-18(23)17(28-19(21)27)10-13-5-8-16(15(20)9-13)26-11-12-3-6-14(7-4-12)22(24)25/h3-10H,2,11H2,1H3/b17-10-. The van der Waals surface area contributed by atoms with Gasteiger partial charge in [-0.25, -0.2) is 0 Å². The van der Waals surface area contributed by atoms with E-state index in [1.807, 2.05) is 6.92 Å². The topological polar surface area (TPSA) is 72.7 Å². The second-order valence-corrected chi connectivity index (χ2v) is 7.91. The van der Waals surface area contributed by atoms with Crippen molar-refractivity contribution in [3.8, 4) is 5.75 Å². The Hall–Kier alpha value is -2.42. The Kier molecular flexibility index (Phi) is 6.33. The lowest BCUT2D eigenvalue weighted by molar-refractivity contribution is -0.384. The number of likely N-dealkylation sites (N-methyl/N-ethyl adjacent to an activating group) is 1. The van der Waals surface area contributed by atoms with Gasteiger partial charge >= 0.3 is 0 Å². The molecule has 0 aliphatic carbocycles. The fourth-order valence-electron chi connectivity index (χ4n) is 2.52. The second kappa shape index (κ2) is 8.72. The molecule has 2 aromatic rings. The molecule has 1 saturated heterocycles. The van der Waals surface area contributed by atoms with Crippen molar-refractivity contribution in [2.24, 2.45) is 0 Å². The number of carbonyl (C=O) groups excluding carboxylic acids is 1. The average Bonchev–Trinajstić information content (AvgIpc) is 2.94. The molecule has 2 aromatic carbocycles. The molecule has 0 unspecified atom stereocenters. The largest absolute Gasteiger partial charge is 0.487 e. The molecule has 0 saturated carbocycles. The first-order valence-corrected chi connectivity index (χ1v) is 9.90. The summed E-state index contributed by atoms with van der Waals surface area (Å²) in [6.07, 6.45) is 1.75. The van der Waals surface area contributed by atoms with Gasteiger partial charge in [-0.2, -0.15) is 0 Å². The maximum absolute atomic E-state index is 12.3. The number of benzene rings is 2. The maximum Gasteiger partial charge on any atom is 0.269 e. The third-order valence-corrected chi connectivity index (χ3v) is 5.66. The highest BCUT2D eigenvalue weighted by molar-refractivity contribution is 8.26. The van der Waals surface area contributed by atoms with Gasteiger partial charge in [0.1, 0.15) is 16.7 Å². The van der Waals surface area contributed by atoms with Crippen molar-refractivity contribution >= 4 is 57.6 Å². The van der Waals surface area contributed by atoms with Crippen LogP contribution in [-0.2, 0) is 11.4 Å². The molecule has 0 radical (unpaired) electrons. The Morgan fingerprint density at radius 2 is 2.00 bits per heavy atom. The van der Waals surface area contributed by atoms with E-state index in [0.717, 1.165) is 11.1 Å². The number of thiocarbonyl (C=S) groups is 1. The predicted octanol–water partition coefficient (Wildman–Crippen LogP) is 5.05. The first-order chi connectivity index (χ1) is 13.4. The molecule has 0 N–H and O–H groups in total. The SMILES string of the molecule is CCN1C(=O)/C(=C/c2ccc(OCc3ccc([N+](=O)[O-])cc3)c(Cl)c2)SC1=S. The van der Waals surface area contributed by atoms with Crippen molar-refractivity contribution in [3.63, 3.8) is 0 Å². The Morgan fingerprint density at radius 3 is 2.57 bits per heavy atom. The van der Waals surface area contributed by atoms with Crippen molar-refractivity contribution in [2.45, 2.75) is 13.5 Å². The summed E-state index contributed by atoms with van der Waals surface area (Å²) in [4.78, 5) is 24.6. The molecule has 1 heterocycles. The van der Waals surface area contributed by atoms with Crippen molar-refractivity contribution in [1.29, 1.82) is 0 Å². The summed E-state index contributed by atoms with van der Waals surface area (Å²) in [5, 5.41) is 11.1. The van der Waals surface area contributed by atoms with Crippen molar-refractivity contribution < 1.29 is 14.5 Å². The molecule has 144 valence electrons. The lowest BCUT2D eigenvalue weighted by Gasteiger charge is -2.10. The summed E-state index contributed by atoms with van der Waals surface area (Å²) in [5.74, 6) is 0.380. The smallest absolute Gasteiger partial charge is 0.269 e. The Balaban J connectivity index is 1.69. The van der Waals surface area contributed by atoms with E-state index in [2.05, 4.69) is 0 Å². The maximum atomic E-state index is 12.3. The summed E-state index contributed by atoms with van der Waals surface area (Å²) in [7, 11) is 0. The van der Waals surface area contributed by atoms with Crippen LogP contribution in [0.5, 0.6) is 5.75 Å². The normalized spacial score (nSPS) is 15.4. The molecule has 1 aliphatic rings. The highest BCUT2D eigenvalue weighted by atomic mass is 35.5. The molecular formula is C19H15ClN2O4S2. The minimum Gasteiger partial charge on any atom is -0.487 e. The Bertz CT molecular complexity index is 976. The zero-order valence-electron chi connectivity index (χ0n) is 14.8. The van der Waals surface area contributed by atoms with Crippen LogP contribution in [0.3, 0.4) is 0 Å². The molecule has 0 bridgehead atoms. The van der Waals surface area contributed by atoms with Crippen LogP contribution in [0, 0.1) is 10.1 Å². The molecule has 1 aliphatic heterocycles. The average molecular weight is 435 g/mol. The molecule has 1 amide bonds. The summed E-state index contributed by atoms with van der Waals surface area (Å²) in [6, 6.07) is 11.4. The van der Waals surface area contributed by atoms with Crippen molar-refractivity contribution in [2.75, 3.05) is 6.54 Å². The van der Waals surface area contributed by atoms with Gasteiger partial charge in [0.15, 0.2) is 0 Å². The van der Waals surface area contributed by atoms with Crippen LogP contribution < -0.4 is 4.74 Å². The zero-order chi connectivity index (χ0) is 20.3.